The molecule has 5 heteroatoms. The fourth-order valence-electron chi connectivity index (χ4n) is 2.19. The van der Waals surface area contributed by atoms with Crippen molar-refractivity contribution in [2.45, 2.75) is 32.6 Å². The molecule has 19 heavy (non-hydrogen) atoms. The summed E-state index contributed by atoms with van der Waals surface area (Å²) in [7, 11) is 0. The Balaban J connectivity index is 2.05. The van der Waals surface area contributed by atoms with E-state index in [1.807, 2.05) is 19.2 Å². The zero-order valence-corrected chi connectivity index (χ0v) is 11.6. The number of pyridine rings is 1. The first-order valence-electron chi connectivity index (χ1n) is 6.87. The van der Waals surface area contributed by atoms with Gasteiger partial charge in [-0.25, -0.2) is 0 Å². The van der Waals surface area contributed by atoms with Crippen molar-refractivity contribution in [2.75, 3.05) is 26.4 Å². The van der Waals surface area contributed by atoms with Gasteiger partial charge >= 0.3 is 0 Å². The molecule has 1 unspecified atom stereocenters. The van der Waals surface area contributed by atoms with Gasteiger partial charge in [0.1, 0.15) is 5.75 Å². The molecular formula is C14H22N2O3. The highest BCUT2D eigenvalue weighted by molar-refractivity contribution is 5.26. The number of nitrogens with one attached hydrogen (secondary N) is 1. The predicted octanol–water partition coefficient (Wildman–Crippen LogP) is 1.89. The molecule has 1 aromatic heterocycles. The summed E-state index contributed by atoms with van der Waals surface area (Å²) in [4.78, 5) is 4.23. The zero-order valence-electron chi connectivity index (χ0n) is 11.6. The van der Waals surface area contributed by atoms with Crippen LogP contribution in [-0.2, 0) is 9.47 Å². The molecule has 1 saturated heterocycles. The first kappa shape index (κ1) is 14.2. The summed E-state index contributed by atoms with van der Waals surface area (Å²) in [6.07, 6.45) is 4.26. The van der Waals surface area contributed by atoms with Crippen LogP contribution in [0.15, 0.2) is 18.5 Å². The quantitative estimate of drug-likeness (QED) is 0.817. The summed E-state index contributed by atoms with van der Waals surface area (Å²) in [5, 5.41) is 3.44. The van der Waals surface area contributed by atoms with Crippen molar-refractivity contribution in [3.05, 3.63) is 24.0 Å². The van der Waals surface area contributed by atoms with Crippen LogP contribution in [0.2, 0.25) is 0 Å². The average molecular weight is 266 g/mol. The smallest absolute Gasteiger partial charge is 0.159 e. The standard InChI is InChI=1S/C14H22N2O3/c1-3-16-13(8-14-18-5-6-19-14)11-7-12(17-4-2)10-15-9-11/h7,9-10,13-14,16H,3-6,8H2,1-2H3. The predicted molar refractivity (Wildman–Crippen MR) is 72.1 cm³/mol. The second-order valence-corrected chi connectivity index (χ2v) is 4.40. The van der Waals surface area contributed by atoms with Crippen LogP contribution in [0.1, 0.15) is 31.9 Å². The third-order valence-corrected chi connectivity index (χ3v) is 3.02. The molecule has 5 nitrogen and oxygen atoms in total. The van der Waals surface area contributed by atoms with Crippen molar-refractivity contribution in [1.29, 1.82) is 0 Å². The van der Waals surface area contributed by atoms with Crippen molar-refractivity contribution in [1.82, 2.24) is 10.3 Å². The van der Waals surface area contributed by atoms with Crippen molar-refractivity contribution in [3.8, 4) is 5.75 Å². The molecule has 2 rings (SSSR count). The van der Waals surface area contributed by atoms with Gasteiger partial charge in [0, 0.05) is 18.7 Å². The Morgan fingerprint density at radius 3 is 2.84 bits per heavy atom. The Morgan fingerprint density at radius 2 is 2.16 bits per heavy atom. The molecule has 1 aliphatic rings. The Labute approximate surface area is 114 Å². The minimum absolute atomic E-state index is 0.125. The van der Waals surface area contributed by atoms with E-state index in [1.54, 1.807) is 6.20 Å². The molecule has 1 aliphatic heterocycles. The number of ether oxygens (including phenoxy) is 3. The van der Waals surface area contributed by atoms with Crippen LogP contribution >= 0.6 is 0 Å². The van der Waals surface area contributed by atoms with Crippen LogP contribution in [0.3, 0.4) is 0 Å². The van der Waals surface area contributed by atoms with E-state index in [1.165, 1.54) is 0 Å². The van der Waals surface area contributed by atoms with Crippen LogP contribution in [0.25, 0.3) is 0 Å². The molecule has 106 valence electrons. The third kappa shape index (κ3) is 4.16. The SMILES string of the molecule is CCNC(CC1OCCO1)c1cncc(OCC)c1. The summed E-state index contributed by atoms with van der Waals surface area (Å²) in [6.45, 7) is 6.95. The number of rotatable bonds is 7. The molecule has 0 radical (unpaired) electrons. The lowest BCUT2D eigenvalue weighted by molar-refractivity contribution is -0.0529. The molecule has 0 amide bonds. The first-order valence-corrected chi connectivity index (χ1v) is 6.87. The number of nitrogens with zero attached hydrogens (tertiary/aromatic N) is 1. The van der Waals surface area contributed by atoms with Gasteiger partial charge in [-0.05, 0) is 25.1 Å². The summed E-state index contributed by atoms with van der Waals surface area (Å²) in [6, 6.07) is 2.19. The van der Waals surface area contributed by atoms with E-state index >= 15 is 0 Å². The summed E-state index contributed by atoms with van der Waals surface area (Å²) in [5.41, 5.74) is 1.10. The molecule has 2 heterocycles. The van der Waals surface area contributed by atoms with E-state index in [0.717, 1.165) is 24.3 Å². The summed E-state index contributed by atoms with van der Waals surface area (Å²) in [5.74, 6) is 0.802. The minimum Gasteiger partial charge on any atom is -0.492 e. The minimum atomic E-state index is -0.125. The van der Waals surface area contributed by atoms with Crippen LogP contribution in [0.4, 0.5) is 0 Å². The number of aromatic nitrogens is 1. The second-order valence-electron chi connectivity index (χ2n) is 4.40. The van der Waals surface area contributed by atoms with Crippen molar-refractivity contribution in [3.63, 3.8) is 0 Å². The highest BCUT2D eigenvalue weighted by Crippen LogP contribution is 2.24. The molecule has 0 bridgehead atoms. The maximum absolute atomic E-state index is 5.52. The Hall–Kier alpha value is -1.17. The highest BCUT2D eigenvalue weighted by atomic mass is 16.7. The molecule has 1 fully saturated rings. The molecule has 0 saturated carbocycles. The zero-order chi connectivity index (χ0) is 13.5. The second kappa shape index (κ2) is 7.43. The lowest BCUT2D eigenvalue weighted by Crippen LogP contribution is -2.26. The molecule has 1 aromatic rings. The van der Waals surface area contributed by atoms with Gasteiger partial charge in [-0.1, -0.05) is 6.92 Å². The fraction of sp³-hybridized carbons (Fsp3) is 0.643. The molecule has 0 spiro atoms. The van der Waals surface area contributed by atoms with Gasteiger partial charge in [0.05, 0.1) is 26.0 Å². The lowest BCUT2D eigenvalue weighted by atomic mass is 10.1. The number of hydrogen-bond acceptors (Lipinski definition) is 5. The number of hydrogen-bond donors (Lipinski definition) is 1. The van der Waals surface area contributed by atoms with Gasteiger partial charge in [-0.15, -0.1) is 0 Å². The van der Waals surface area contributed by atoms with E-state index in [9.17, 15) is 0 Å². The molecular weight excluding hydrogens is 244 g/mol. The summed E-state index contributed by atoms with van der Waals surface area (Å²) >= 11 is 0. The van der Waals surface area contributed by atoms with E-state index < -0.39 is 0 Å². The average Bonchev–Trinajstić information content (AvgIpc) is 2.92. The lowest BCUT2D eigenvalue weighted by Gasteiger charge is -2.21. The van der Waals surface area contributed by atoms with Crippen LogP contribution < -0.4 is 10.1 Å². The normalized spacial score (nSPS) is 17.6. The molecule has 1 N–H and O–H groups in total. The van der Waals surface area contributed by atoms with Crippen LogP contribution in [0, 0.1) is 0 Å². The molecule has 0 aromatic carbocycles. The van der Waals surface area contributed by atoms with E-state index in [4.69, 9.17) is 14.2 Å². The highest BCUT2D eigenvalue weighted by Gasteiger charge is 2.22. The van der Waals surface area contributed by atoms with E-state index in [0.29, 0.717) is 19.8 Å². The topological polar surface area (TPSA) is 52.6 Å². The van der Waals surface area contributed by atoms with Gasteiger partial charge in [0.2, 0.25) is 0 Å². The maximum Gasteiger partial charge on any atom is 0.159 e. The van der Waals surface area contributed by atoms with Gasteiger partial charge in [-0.3, -0.25) is 4.98 Å². The van der Waals surface area contributed by atoms with E-state index in [2.05, 4.69) is 17.2 Å². The Kier molecular flexibility index (Phi) is 5.57. The monoisotopic (exact) mass is 266 g/mol. The van der Waals surface area contributed by atoms with Gasteiger partial charge in [-0.2, -0.15) is 0 Å². The van der Waals surface area contributed by atoms with Gasteiger partial charge < -0.3 is 19.5 Å². The van der Waals surface area contributed by atoms with E-state index in [-0.39, 0.29) is 12.3 Å². The van der Waals surface area contributed by atoms with Crippen LogP contribution in [-0.4, -0.2) is 37.6 Å². The van der Waals surface area contributed by atoms with Crippen molar-refractivity contribution in [2.24, 2.45) is 0 Å². The molecule has 0 aliphatic carbocycles. The molecule has 1 atom stereocenters. The first-order chi connectivity index (χ1) is 9.33. The van der Waals surface area contributed by atoms with Crippen LogP contribution in [0.5, 0.6) is 5.75 Å². The van der Waals surface area contributed by atoms with Gasteiger partial charge in [0.15, 0.2) is 6.29 Å². The largest absolute Gasteiger partial charge is 0.492 e. The van der Waals surface area contributed by atoms with Crippen molar-refractivity contribution >= 4 is 0 Å². The fourth-order valence-corrected chi connectivity index (χ4v) is 2.19. The van der Waals surface area contributed by atoms with Gasteiger partial charge in [0.25, 0.3) is 0 Å². The maximum atomic E-state index is 5.52. The Morgan fingerprint density at radius 1 is 1.37 bits per heavy atom. The van der Waals surface area contributed by atoms with Crippen molar-refractivity contribution < 1.29 is 14.2 Å². The Bertz CT molecular complexity index is 381. The summed E-state index contributed by atoms with van der Waals surface area (Å²) < 4.78 is 16.5. The third-order valence-electron chi connectivity index (χ3n) is 3.02.